The molecule has 1 heterocycles. The first-order valence-electron chi connectivity index (χ1n) is 8.73. The van der Waals surface area contributed by atoms with Crippen LogP contribution in [-0.4, -0.2) is 30.6 Å². The highest BCUT2D eigenvalue weighted by Crippen LogP contribution is 2.26. The maximum Gasteiger partial charge on any atom is 0.305 e. The summed E-state index contributed by atoms with van der Waals surface area (Å²) < 4.78 is 29.4. The highest BCUT2D eigenvalue weighted by Gasteiger charge is 2.16. The standard InChI is InChI=1S/C20H22N2O4S/c1-15-17(11-13-21-27(25,26)16-7-3-2-4-8-16)18-9-5-6-10-19(18)22(15)14-12-20(23)24/h2-10,21H,11-14H2,1H3,(H,23,24). The van der Waals surface area contributed by atoms with Crippen molar-refractivity contribution in [2.24, 2.45) is 0 Å². The van der Waals surface area contributed by atoms with Gasteiger partial charge in [0, 0.05) is 29.7 Å². The second kappa shape index (κ2) is 7.94. The van der Waals surface area contributed by atoms with Crippen LogP contribution in [0.1, 0.15) is 17.7 Å². The van der Waals surface area contributed by atoms with Gasteiger partial charge in [0.1, 0.15) is 0 Å². The average Bonchev–Trinajstić information content (AvgIpc) is 2.92. The number of aryl methyl sites for hydroxylation is 1. The molecule has 0 atom stereocenters. The summed E-state index contributed by atoms with van der Waals surface area (Å²) in [5.41, 5.74) is 2.97. The van der Waals surface area contributed by atoms with Crippen LogP contribution in [0.15, 0.2) is 59.5 Å². The molecule has 0 fully saturated rings. The first-order chi connectivity index (χ1) is 12.9. The molecule has 0 aliphatic rings. The number of aromatic nitrogens is 1. The molecule has 3 rings (SSSR count). The van der Waals surface area contributed by atoms with Crippen molar-refractivity contribution >= 4 is 26.9 Å². The number of carboxylic acid groups (broad SMARTS) is 1. The molecule has 0 unspecified atom stereocenters. The Labute approximate surface area is 158 Å². The number of fused-ring (bicyclic) bond motifs is 1. The molecule has 6 nitrogen and oxygen atoms in total. The van der Waals surface area contributed by atoms with Crippen molar-refractivity contribution in [3.63, 3.8) is 0 Å². The van der Waals surface area contributed by atoms with Crippen molar-refractivity contribution < 1.29 is 18.3 Å². The monoisotopic (exact) mass is 386 g/mol. The van der Waals surface area contributed by atoms with Crippen molar-refractivity contribution in [2.45, 2.75) is 31.2 Å². The van der Waals surface area contributed by atoms with Crippen LogP contribution < -0.4 is 4.72 Å². The molecule has 1 aromatic heterocycles. The first kappa shape index (κ1) is 19.1. The highest BCUT2D eigenvalue weighted by molar-refractivity contribution is 7.89. The summed E-state index contributed by atoms with van der Waals surface area (Å²) in [5, 5.41) is 10.0. The summed E-state index contributed by atoms with van der Waals surface area (Å²) in [6.45, 7) is 2.60. The number of carbonyl (C=O) groups is 1. The minimum atomic E-state index is -3.55. The predicted octanol–water partition coefficient (Wildman–Crippen LogP) is 2.95. The smallest absolute Gasteiger partial charge is 0.305 e. The van der Waals surface area contributed by atoms with Crippen molar-refractivity contribution in [3.8, 4) is 0 Å². The number of para-hydroxylation sites is 1. The summed E-state index contributed by atoms with van der Waals surface area (Å²) in [4.78, 5) is 11.2. The summed E-state index contributed by atoms with van der Waals surface area (Å²) >= 11 is 0. The molecule has 2 N–H and O–H groups in total. The average molecular weight is 386 g/mol. The molecule has 142 valence electrons. The number of aliphatic carboxylic acids is 1. The third-order valence-corrected chi connectivity index (χ3v) is 6.11. The van der Waals surface area contributed by atoms with E-state index in [0.29, 0.717) is 13.0 Å². The Morgan fingerprint density at radius 2 is 1.74 bits per heavy atom. The van der Waals surface area contributed by atoms with Gasteiger partial charge in [-0.25, -0.2) is 13.1 Å². The van der Waals surface area contributed by atoms with E-state index in [4.69, 9.17) is 5.11 Å². The van der Waals surface area contributed by atoms with E-state index in [9.17, 15) is 13.2 Å². The molecule has 0 saturated heterocycles. The molecule has 2 aromatic carbocycles. The van der Waals surface area contributed by atoms with Crippen molar-refractivity contribution in [1.29, 1.82) is 0 Å². The van der Waals surface area contributed by atoms with E-state index in [-0.39, 0.29) is 17.9 Å². The summed E-state index contributed by atoms with van der Waals surface area (Å²) in [6.07, 6.45) is 0.568. The van der Waals surface area contributed by atoms with Crippen LogP contribution in [-0.2, 0) is 27.8 Å². The van der Waals surface area contributed by atoms with Crippen molar-refractivity contribution in [3.05, 3.63) is 65.9 Å². The topological polar surface area (TPSA) is 88.4 Å². The Bertz CT molecular complexity index is 1060. The number of rotatable bonds is 8. The number of hydrogen-bond acceptors (Lipinski definition) is 3. The number of hydrogen-bond donors (Lipinski definition) is 2. The zero-order chi connectivity index (χ0) is 19.4. The van der Waals surface area contributed by atoms with Gasteiger partial charge < -0.3 is 9.67 Å². The number of nitrogens with zero attached hydrogens (tertiary/aromatic N) is 1. The molecule has 0 amide bonds. The Morgan fingerprint density at radius 1 is 1.07 bits per heavy atom. The molecule has 0 spiro atoms. The van der Waals surface area contributed by atoms with Gasteiger partial charge in [0.2, 0.25) is 10.0 Å². The molecule has 27 heavy (non-hydrogen) atoms. The quantitative estimate of drug-likeness (QED) is 0.623. The van der Waals surface area contributed by atoms with Crippen molar-refractivity contribution in [2.75, 3.05) is 6.54 Å². The van der Waals surface area contributed by atoms with Crippen LogP contribution in [0.3, 0.4) is 0 Å². The van der Waals surface area contributed by atoms with Gasteiger partial charge in [0.25, 0.3) is 0 Å². The fourth-order valence-electron chi connectivity index (χ4n) is 3.31. The molecule has 0 aliphatic carbocycles. The minimum Gasteiger partial charge on any atom is -0.481 e. The van der Waals surface area contributed by atoms with Gasteiger partial charge in [0.05, 0.1) is 11.3 Å². The largest absolute Gasteiger partial charge is 0.481 e. The molecular weight excluding hydrogens is 364 g/mol. The molecule has 0 saturated carbocycles. The number of carboxylic acids is 1. The lowest BCUT2D eigenvalue weighted by Gasteiger charge is -2.08. The minimum absolute atomic E-state index is 0.0413. The van der Waals surface area contributed by atoms with E-state index in [1.54, 1.807) is 30.3 Å². The van der Waals surface area contributed by atoms with Gasteiger partial charge in [-0.3, -0.25) is 4.79 Å². The Hall–Kier alpha value is -2.64. The van der Waals surface area contributed by atoms with Gasteiger partial charge in [-0.1, -0.05) is 36.4 Å². The second-order valence-corrected chi connectivity index (χ2v) is 8.10. The van der Waals surface area contributed by atoms with Crippen LogP contribution in [0.25, 0.3) is 10.9 Å². The Kier molecular flexibility index (Phi) is 5.62. The SMILES string of the molecule is Cc1c(CCNS(=O)(=O)c2ccccc2)c2ccccc2n1CCC(=O)O. The summed E-state index contributed by atoms with van der Waals surface area (Å²) in [7, 11) is -3.55. The van der Waals surface area contributed by atoms with Crippen LogP contribution in [0.5, 0.6) is 0 Å². The van der Waals surface area contributed by atoms with E-state index < -0.39 is 16.0 Å². The van der Waals surface area contributed by atoms with E-state index >= 15 is 0 Å². The van der Waals surface area contributed by atoms with Gasteiger partial charge in [-0.15, -0.1) is 0 Å². The summed E-state index contributed by atoms with van der Waals surface area (Å²) in [6, 6.07) is 16.1. The highest BCUT2D eigenvalue weighted by atomic mass is 32.2. The number of sulfonamides is 1. The van der Waals surface area contributed by atoms with E-state index in [0.717, 1.165) is 22.2 Å². The van der Waals surface area contributed by atoms with Gasteiger partial charge >= 0.3 is 5.97 Å². The molecular formula is C20H22N2O4S. The van der Waals surface area contributed by atoms with Crippen LogP contribution in [0, 0.1) is 6.92 Å². The fourth-order valence-corrected chi connectivity index (χ4v) is 4.36. The van der Waals surface area contributed by atoms with E-state index in [2.05, 4.69) is 4.72 Å². The summed E-state index contributed by atoms with van der Waals surface area (Å²) in [5.74, 6) is -0.843. The van der Waals surface area contributed by atoms with Crippen LogP contribution >= 0.6 is 0 Å². The van der Waals surface area contributed by atoms with Gasteiger partial charge in [0.15, 0.2) is 0 Å². The Morgan fingerprint density at radius 3 is 2.44 bits per heavy atom. The van der Waals surface area contributed by atoms with E-state index in [1.165, 1.54) is 0 Å². The molecule has 0 bridgehead atoms. The molecule has 3 aromatic rings. The third kappa shape index (κ3) is 4.20. The predicted molar refractivity (Wildman–Crippen MR) is 104 cm³/mol. The fraction of sp³-hybridized carbons (Fsp3) is 0.250. The number of benzene rings is 2. The lowest BCUT2D eigenvalue weighted by Crippen LogP contribution is -2.26. The lowest BCUT2D eigenvalue weighted by molar-refractivity contribution is -0.137. The van der Waals surface area contributed by atoms with Gasteiger partial charge in [-0.05, 0) is 37.1 Å². The van der Waals surface area contributed by atoms with Gasteiger partial charge in [-0.2, -0.15) is 0 Å². The lowest BCUT2D eigenvalue weighted by atomic mass is 10.1. The second-order valence-electron chi connectivity index (χ2n) is 6.34. The maximum atomic E-state index is 12.4. The number of nitrogens with one attached hydrogen (secondary N) is 1. The first-order valence-corrected chi connectivity index (χ1v) is 10.2. The zero-order valence-electron chi connectivity index (χ0n) is 15.1. The molecule has 0 radical (unpaired) electrons. The normalized spacial score (nSPS) is 11.7. The maximum absolute atomic E-state index is 12.4. The van der Waals surface area contributed by atoms with Crippen LogP contribution in [0.4, 0.5) is 0 Å². The van der Waals surface area contributed by atoms with E-state index in [1.807, 2.05) is 35.8 Å². The molecule has 0 aliphatic heterocycles. The molecule has 7 heteroatoms. The third-order valence-electron chi connectivity index (χ3n) is 4.63. The van der Waals surface area contributed by atoms with Crippen molar-refractivity contribution in [1.82, 2.24) is 9.29 Å². The van der Waals surface area contributed by atoms with Crippen LogP contribution in [0.2, 0.25) is 0 Å². The Balaban J connectivity index is 1.81. The zero-order valence-corrected chi connectivity index (χ0v) is 15.9.